The van der Waals surface area contributed by atoms with E-state index in [2.05, 4.69) is 25.8 Å². The fourth-order valence-corrected chi connectivity index (χ4v) is 3.04. The van der Waals surface area contributed by atoms with Crippen LogP contribution < -0.4 is 9.64 Å². The van der Waals surface area contributed by atoms with Gasteiger partial charge in [0.1, 0.15) is 11.5 Å². The van der Waals surface area contributed by atoms with Crippen molar-refractivity contribution in [1.82, 2.24) is 0 Å². The average Bonchev–Trinajstić information content (AvgIpc) is 2.44. The molecular formula is C17H25NO2. The van der Waals surface area contributed by atoms with Crippen LogP contribution >= 0.6 is 0 Å². The van der Waals surface area contributed by atoms with Gasteiger partial charge in [0, 0.05) is 30.6 Å². The zero-order valence-electron chi connectivity index (χ0n) is 13.0. The van der Waals surface area contributed by atoms with Crippen LogP contribution in [0.25, 0.3) is 0 Å². The van der Waals surface area contributed by atoms with Crippen molar-refractivity contribution in [2.75, 3.05) is 25.6 Å². The average molecular weight is 275 g/mol. The number of hydrogen-bond donors (Lipinski definition) is 0. The highest BCUT2D eigenvalue weighted by atomic mass is 16.5. The topological polar surface area (TPSA) is 29.5 Å². The second-order valence-electron chi connectivity index (χ2n) is 6.42. The van der Waals surface area contributed by atoms with Crippen LogP contribution in [0.2, 0.25) is 0 Å². The van der Waals surface area contributed by atoms with Crippen molar-refractivity contribution in [1.29, 1.82) is 0 Å². The molecule has 110 valence electrons. The Balaban J connectivity index is 2.03. The Kier molecular flexibility index (Phi) is 4.36. The van der Waals surface area contributed by atoms with Crippen LogP contribution in [0.3, 0.4) is 0 Å². The molecule has 1 aliphatic rings. The highest BCUT2D eigenvalue weighted by molar-refractivity contribution is 5.87. The van der Waals surface area contributed by atoms with Gasteiger partial charge in [-0.2, -0.15) is 0 Å². The Morgan fingerprint density at radius 2 is 1.95 bits per heavy atom. The molecule has 0 spiro atoms. The molecule has 0 heterocycles. The molecule has 0 amide bonds. The van der Waals surface area contributed by atoms with Crippen LogP contribution in [-0.2, 0) is 4.79 Å². The van der Waals surface area contributed by atoms with Crippen molar-refractivity contribution in [2.24, 2.45) is 11.3 Å². The van der Waals surface area contributed by atoms with Crippen molar-refractivity contribution < 1.29 is 9.53 Å². The monoisotopic (exact) mass is 275 g/mol. The van der Waals surface area contributed by atoms with Crippen LogP contribution in [0, 0.1) is 11.3 Å². The van der Waals surface area contributed by atoms with Crippen LogP contribution in [0.5, 0.6) is 5.75 Å². The fraction of sp³-hybridized carbons (Fsp3) is 0.588. The normalized spacial score (nSPS) is 21.6. The SMILES string of the molecule is COc1ccc(N(C)CC2CCCC(C)(C)C2=O)cc1. The van der Waals surface area contributed by atoms with Crippen molar-refractivity contribution in [3.8, 4) is 5.75 Å². The maximum Gasteiger partial charge on any atom is 0.143 e. The number of Topliss-reactive ketones (excluding diaryl/α,β-unsaturated/α-hetero) is 1. The molecule has 20 heavy (non-hydrogen) atoms. The molecule has 0 radical (unpaired) electrons. The number of benzene rings is 1. The zero-order chi connectivity index (χ0) is 14.8. The van der Waals surface area contributed by atoms with Gasteiger partial charge in [-0.15, -0.1) is 0 Å². The second-order valence-corrected chi connectivity index (χ2v) is 6.42. The molecule has 0 bridgehead atoms. The standard InChI is InChI=1S/C17H25NO2/c1-17(2)11-5-6-13(16(17)19)12-18(3)14-7-9-15(20-4)10-8-14/h7-10,13H,5-6,11-12H2,1-4H3. The molecular weight excluding hydrogens is 250 g/mol. The molecule has 1 saturated carbocycles. The molecule has 3 heteroatoms. The summed E-state index contributed by atoms with van der Waals surface area (Å²) < 4.78 is 5.17. The summed E-state index contributed by atoms with van der Waals surface area (Å²) in [5.74, 6) is 1.44. The van der Waals surface area contributed by atoms with Crippen LogP contribution in [-0.4, -0.2) is 26.5 Å². The van der Waals surface area contributed by atoms with Crippen molar-refractivity contribution in [3.05, 3.63) is 24.3 Å². The molecule has 0 saturated heterocycles. The predicted molar refractivity (Wildman–Crippen MR) is 82.4 cm³/mol. The van der Waals surface area contributed by atoms with E-state index in [1.165, 1.54) is 0 Å². The molecule has 0 N–H and O–H groups in total. The Morgan fingerprint density at radius 1 is 1.30 bits per heavy atom. The summed E-state index contributed by atoms with van der Waals surface area (Å²) in [5.41, 5.74) is 0.978. The van der Waals surface area contributed by atoms with E-state index >= 15 is 0 Å². The van der Waals surface area contributed by atoms with E-state index in [1.807, 2.05) is 24.3 Å². The van der Waals surface area contributed by atoms with Crippen molar-refractivity contribution in [2.45, 2.75) is 33.1 Å². The quantitative estimate of drug-likeness (QED) is 0.842. The fourth-order valence-electron chi connectivity index (χ4n) is 3.04. The summed E-state index contributed by atoms with van der Waals surface area (Å²) in [7, 11) is 3.72. The number of rotatable bonds is 4. The van der Waals surface area contributed by atoms with Gasteiger partial charge in [-0.05, 0) is 37.1 Å². The summed E-state index contributed by atoms with van der Waals surface area (Å²) in [4.78, 5) is 14.6. The Morgan fingerprint density at radius 3 is 2.55 bits per heavy atom. The number of carbonyl (C=O) groups is 1. The van der Waals surface area contributed by atoms with E-state index in [1.54, 1.807) is 7.11 Å². The van der Waals surface area contributed by atoms with Crippen LogP contribution in [0.4, 0.5) is 5.69 Å². The first-order valence-electron chi connectivity index (χ1n) is 7.33. The van der Waals surface area contributed by atoms with Crippen LogP contribution in [0.15, 0.2) is 24.3 Å². The summed E-state index contributed by atoms with van der Waals surface area (Å²) in [6.45, 7) is 4.96. The Bertz CT molecular complexity index is 464. The summed E-state index contributed by atoms with van der Waals surface area (Å²) in [6.07, 6.45) is 3.19. The number of ketones is 1. The molecule has 1 aromatic carbocycles. The molecule has 1 aromatic rings. The first-order valence-corrected chi connectivity index (χ1v) is 7.33. The summed E-state index contributed by atoms with van der Waals surface area (Å²) in [5, 5.41) is 0. The highest BCUT2D eigenvalue weighted by Crippen LogP contribution is 2.36. The number of hydrogen-bond acceptors (Lipinski definition) is 3. The van der Waals surface area contributed by atoms with Gasteiger partial charge in [0.15, 0.2) is 0 Å². The first kappa shape index (κ1) is 14.9. The lowest BCUT2D eigenvalue weighted by Crippen LogP contribution is -2.40. The number of ether oxygens (including phenoxy) is 1. The Hall–Kier alpha value is -1.51. The second kappa shape index (κ2) is 5.86. The van der Waals surface area contributed by atoms with Crippen molar-refractivity contribution >= 4 is 11.5 Å². The molecule has 3 nitrogen and oxygen atoms in total. The molecule has 1 atom stereocenters. The number of anilines is 1. The first-order chi connectivity index (χ1) is 9.44. The minimum atomic E-state index is -0.149. The van der Waals surface area contributed by atoms with Gasteiger partial charge in [0.05, 0.1) is 7.11 Å². The molecule has 1 unspecified atom stereocenters. The third-order valence-corrected chi connectivity index (χ3v) is 4.40. The predicted octanol–water partition coefficient (Wildman–Crippen LogP) is 3.53. The van der Waals surface area contributed by atoms with E-state index in [9.17, 15) is 4.79 Å². The van der Waals surface area contributed by atoms with Gasteiger partial charge in [-0.3, -0.25) is 4.79 Å². The highest BCUT2D eigenvalue weighted by Gasteiger charge is 2.37. The zero-order valence-corrected chi connectivity index (χ0v) is 13.0. The maximum absolute atomic E-state index is 12.5. The third kappa shape index (κ3) is 3.14. The lowest BCUT2D eigenvalue weighted by atomic mass is 9.71. The number of carbonyl (C=O) groups excluding carboxylic acids is 1. The van der Waals surface area contributed by atoms with Gasteiger partial charge in [-0.25, -0.2) is 0 Å². The molecule has 0 aliphatic heterocycles. The lowest BCUT2D eigenvalue weighted by Gasteiger charge is -2.35. The van der Waals surface area contributed by atoms with Crippen molar-refractivity contribution in [3.63, 3.8) is 0 Å². The minimum absolute atomic E-state index is 0.149. The minimum Gasteiger partial charge on any atom is -0.497 e. The van der Waals surface area contributed by atoms with Gasteiger partial charge in [0.25, 0.3) is 0 Å². The Labute approximate surface area is 121 Å². The van der Waals surface area contributed by atoms with E-state index in [-0.39, 0.29) is 11.3 Å². The largest absolute Gasteiger partial charge is 0.497 e. The molecule has 1 fully saturated rings. The van der Waals surface area contributed by atoms with E-state index in [0.29, 0.717) is 5.78 Å². The van der Waals surface area contributed by atoms with E-state index in [0.717, 1.165) is 37.2 Å². The molecule has 0 aromatic heterocycles. The maximum atomic E-state index is 12.5. The third-order valence-electron chi connectivity index (χ3n) is 4.40. The van der Waals surface area contributed by atoms with Crippen LogP contribution in [0.1, 0.15) is 33.1 Å². The lowest BCUT2D eigenvalue weighted by molar-refractivity contribution is -0.133. The summed E-state index contributed by atoms with van der Waals surface area (Å²) >= 11 is 0. The van der Waals surface area contributed by atoms with E-state index < -0.39 is 0 Å². The molecule has 1 aliphatic carbocycles. The van der Waals surface area contributed by atoms with Gasteiger partial charge >= 0.3 is 0 Å². The van der Waals surface area contributed by atoms with Gasteiger partial charge in [-0.1, -0.05) is 20.3 Å². The molecule has 2 rings (SSSR count). The van der Waals surface area contributed by atoms with Gasteiger partial charge < -0.3 is 9.64 Å². The van der Waals surface area contributed by atoms with Gasteiger partial charge in [0.2, 0.25) is 0 Å². The number of nitrogens with zero attached hydrogens (tertiary/aromatic N) is 1. The summed E-state index contributed by atoms with van der Waals surface area (Å²) in [6, 6.07) is 7.99. The smallest absolute Gasteiger partial charge is 0.143 e. The van der Waals surface area contributed by atoms with E-state index in [4.69, 9.17) is 4.74 Å². The number of methoxy groups -OCH3 is 1.